The van der Waals surface area contributed by atoms with E-state index in [1.165, 1.54) is 263 Å². The summed E-state index contributed by atoms with van der Waals surface area (Å²) in [7, 11) is -5.49. The summed E-state index contributed by atoms with van der Waals surface area (Å²) < 4.78 is 55.5. The molecule has 21 nitrogen and oxygen atoms in total. The molecule has 2 fully saturated rings. The first-order valence-electron chi connectivity index (χ1n) is 50.9. The summed E-state index contributed by atoms with van der Waals surface area (Å²) in [4.78, 5) is 91.8. The van der Waals surface area contributed by atoms with Gasteiger partial charge in [-0.1, -0.05) is 439 Å². The largest absolute Gasteiger partial charge is 0.470 e. The molecule has 2 amide bonds. The predicted molar refractivity (Wildman–Crippen MR) is 485 cm³/mol. The van der Waals surface area contributed by atoms with Gasteiger partial charge in [0, 0.05) is 19.3 Å². The zero-order chi connectivity index (χ0) is 87.4. The van der Waals surface area contributed by atoms with Crippen molar-refractivity contribution < 1.29 is 91.7 Å². The fraction of sp³-hybridized carbons (Fsp3) is 0.949. The Morgan fingerprint density at radius 1 is 0.350 bits per heavy atom. The van der Waals surface area contributed by atoms with E-state index < -0.39 is 124 Å². The number of carbonyl (C=O) groups excluding carboxylic acids is 5. The number of aliphatic hydroxyl groups is 4. The Balaban J connectivity index is 2.47. The third-order valence-corrected chi connectivity index (χ3v) is 25.3. The lowest BCUT2D eigenvalue weighted by molar-refractivity contribution is -0.298. The van der Waals surface area contributed by atoms with Gasteiger partial charge < -0.3 is 69.3 Å². The van der Waals surface area contributed by atoms with Crippen LogP contribution in [0.25, 0.3) is 0 Å². The monoisotopic (exact) mass is 1730 g/mol. The van der Waals surface area contributed by atoms with Gasteiger partial charge in [-0.3, -0.25) is 28.5 Å². The molecule has 0 aromatic heterocycles. The number of rotatable bonds is 87. The van der Waals surface area contributed by atoms with Crippen molar-refractivity contribution in [1.82, 2.24) is 10.6 Å². The standard InChI is InChI=1S/C98H187N2O19P/c1-6-11-16-21-26-31-36-39-42-45-50-53-58-63-68-73-82(102)78-86(103)99-91-95(117-89(106)76-71-66-61-55-48-34-29-24-19-14-9-4)93(108)85(115-97(91)109)81-113-98-92(96(94(84(80-101)116-98)119-120(110,111)112)118-90(107)77-72-67-62-56-49-35-30-25-20-15-10-5)100-87(104)79-83(74-69-64-59-54-51-46-43-40-37-32-27-22-17-12-7-2)114-88(105)75-70-65-60-57-52-47-44-41-38-33-28-23-18-13-8-3/h82-85,91-98,101-102,108-109H,6-81H2,1-5H3,(H,99,103)(H,100,104)(H2,110,111,112)/t82-,83-,84-,85-,91-,92-,93-,94-,95-,96-,97+,98-/m1/s1. The quantitative estimate of drug-likeness (QED) is 0.0121. The van der Waals surface area contributed by atoms with Crippen molar-refractivity contribution in [3.63, 3.8) is 0 Å². The Hall–Kier alpha value is -2.82. The highest BCUT2D eigenvalue weighted by Gasteiger charge is 2.54. The lowest BCUT2D eigenvalue weighted by atomic mass is 9.95. The smallest absolute Gasteiger partial charge is 0.462 e. The van der Waals surface area contributed by atoms with Gasteiger partial charge in [0.1, 0.15) is 42.6 Å². The second kappa shape index (κ2) is 79.6. The molecule has 12 atom stereocenters. The zero-order valence-electron chi connectivity index (χ0n) is 77.6. The molecular weight excluding hydrogens is 1540 g/mol. The maximum Gasteiger partial charge on any atom is 0.470 e. The number of esters is 3. The molecule has 120 heavy (non-hydrogen) atoms. The van der Waals surface area contributed by atoms with Crippen LogP contribution in [0.4, 0.5) is 0 Å². The Morgan fingerprint density at radius 2 is 0.642 bits per heavy atom. The molecule has 2 rings (SSSR count). The van der Waals surface area contributed by atoms with E-state index in [1.807, 2.05) is 0 Å². The van der Waals surface area contributed by atoms with Crippen LogP contribution in [-0.2, 0) is 61.5 Å². The van der Waals surface area contributed by atoms with Crippen LogP contribution in [0.5, 0.6) is 0 Å². The molecule has 0 aromatic rings. The van der Waals surface area contributed by atoms with Crippen LogP contribution < -0.4 is 10.6 Å². The van der Waals surface area contributed by atoms with Crippen LogP contribution in [0.1, 0.15) is 510 Å². The van der Waals surface area contributed by atoms with E-state index in [9.17, 15) is 58.8 Å². The molecule has 0 radical (unpaired) electrons. The van der Waals surface area contributed by atoms with Crippen LogP contribution in [0, 0.1) is 0 Å². The molecule has 2 aliphatic rings. The van der Waals surface area contributed by atoms with E-state index in [4.69, 9.17) is 32.9 Å². The van der Waals surface area contributed by atoms with Gasteiger partial charge in [0.15, 0.2) is 24.8 Å². The van der Waals surface area contributed by atoms with Gasteiger partial charge in [0.25, 0.3) is 0 Å². The third kappa shape index (κ3) is 63.2. The molecule has 0 spiro atoms. The first-order chi connectivity index (χ1) is 58.4. The molecule has 0 bridgehead atoms. The van der Waals surface area contributed by atoms with Crippen molar-refractivity contribution in [3.8, 4) is 0 Å². The van der Waals surface area contributed by atoms with Crippen LogP contribution in [0.2, 0.25) is 0 Å². The highest BCUT2D eigenvalue weighted by molar-refractivity contribution is 7.46. The normalized spacial score (nSPS) is 20.0. The van der Waals surface area contributed by atoms with E-state index >= 15 is 0 Å². The highest BCUT2D eigenvalue weighted by atomic mass is 31.2. The molecule has 0 saturated carbocycles. The van der Waals surface area contributed by atoms with Gasteiger partial charge in [-0.2, -0.15) is 0 Å². The minimum absolute atomic E-state index is 0.0207. The zero-order valence-corrected chi connectivity index (χ0v) is 78.5. The number of amides is 2. The minimum Gasteiger partial charge on any atom is -0.462 e. The van der Waals surface area contributed by atoms with E-state index in [0.717, 1.165) is 128 Å². The SMILES string of the molecule is CCCCCCCCCCCCCCCCCC(=O)O[C@H](CCCCCCCCCCCCCCCCC)CC(=O)N[C@H]1[C@H](OC[C@H]2O[C@H](O)[C@H](NC(=O)C[C@H](O)CCCCCCCCCCCCCCCCC)[C@@H](OC(=O)CCCCCCCCCCCCC)[C@@H]2O)O[C@H](CO)[C@@H](OP(=O)(O)O)[C@@H]1OC(=O)CCCCCCCCCCCCC. The summed E-state index contributed by atoms with van der Waals surface area (Å²) >= 11 is 0. The lowest BCUT2D eigenvalue weighted by Crippen LogP contribution is -2.68. The van der Waals surface area contributed by atoms with Crippen molar-refractivity contribution in [1.29, 1.82) is 0 Å². The summed E-state index contributed by atoms with van der Waals surface area (Å²) in [6.45, 7) is 9.48. The molecule has 2 heterocycles. The highest BCUT2D eigenvalue weighted by Crippen LogP contribution is 2.43. The van der Waals surface area contributed by atoms with Gasteiger partial charge in [-0.25, -0.2) is 4.57 Å². The minimum atomic E-state index is -5.49. The first kappa shape index (κ1) is 113. The maximum absolute atomic E-state index is 15.0. The summed E-state index contributed by atoms with van der Waals surface area (Å²) in [6.07, 6.45) is 59.8. The number of aliphatic hydroxyl groups excluding tert-OH is 4. The number of phosphoric acid groups is 1. The fourth-order valence-electron chi connectivity index (χ4n) is 17.2. The molecule has 708 valence electrons. The number of hydrogen-bond donors (Lipinski definition) is 8. The lowest BCUT2D eigenvalue weighted by Gasteiger charge is -2.46. The van der Waals surface area contributed by atoms with E-state index in [0.29, 0.717) is 51.4 Å². The van der Waals surface area contributed by atoms with Crippen molar-refractivity contribution in [2.24, 2.45) is 0 Å². The Kier molecular flexibility index (Phi) is 75.1. The van der Waals surface area contributed by atoms with Crippen LogP contribution in [0.3, 0.4) is 0 Å². The van der Waals surface area contributed by atoms with E-state index in [-0.39, 0.29) is 32.1 Å². The summed E-state index contributed by atoms with van der Waals surface area (Å²) in [5.74, 6) is -3.31. The molecule has 0 aliphatic carbocycles. The predicted octanol–water partition coefficient (Wildman–Crippen LogP) is 24.3. The topological polar surface area (TPSA) is 312 Å². The molecule has 0 aromatic carbocycles. The van der Waals surface area contributed by atoms with Crippen LogP contribution >= 0.6 is 7.82 Å². The van der Waals surface area contributed by atoms with Crippen molar-refractivity contribution in [2.45, 2.75) is 583 Å². The maximum atomic E-state index is 15.0. The summed E-state index contributed by atoms with van der Waals surface area (Å²) in [5, 5.41) is 52.0. The molecular formula is C98H187N2O19P. The van der Waals surface area contributed by atoms with Gasteiger partial charge in [-0.15, -0.1) is 0 Å². The van der Waals surface area contributed by atoms with Gasteiger partial charge in [0.05, 0.1) is 32.2 Å². The molecule has 2 aliphatic heterocycles. The van der Waals surface area contributed by atoms with E-state index in [1.54, 1.807) is 0 Å². The number of carbonyl (C=O) groups is 5. The van der Waals surface area contributed by atoms with Gasteiger partial charge in [0.2, 0.25) is 11.8 Å². The Bertz CT molecular complexity index is 2430. The number of phosphoric ester groups is 1. The van der Waals surface area contributed by atoms with Crippen molar-refractivity contribution in [3.05, 3.63) is 0 Å². The molecule has 22 heteroatoms. The van der Waals surface area contributed by atoms with Gasteiger partial charge >= 0.3 is 25.7 Å². The average Bonchev–Trinajstić information content (AvgIpc) is 0.778. The Morgan fingerprint density at radius 3 is 0.975 bits per heavy atom. The number of unbranched alkanes of at least 4 members (excludes halogenated alkanes) is 62. The Labute approximate surface area is 732 Å². The number of nitrogens with one attached hydrogen (secondary N) is 2. The van der Waals surface area contributed by atoms with Crippen LogP contribution in [-0.4, -0.2) is 147 Å². The molecule has 2 saturated heterocycles. The second-order valence-corrected chi connectivity index (χ2v) is 37.4. The average molecular weight is 1730 g/mol. The van der Waals surface area contributed by atoms with Crippen molar-refractivity contribution >= 4 is 37.5 Å². The fourth-order valence-corrected chi connectivity index (χ4v) is 17.8. The van der Waals surface area contributed by atoms with Crippen molar-refractivity contribution in [2.75, 3.05) is 13.2 Å². The third-order valence-electron chi connectivity index (χ3n) is 24.7. The molecule has 0 unspecified atom stereocenters. The first-order valence-corrected chi connectivity index (χ1v) is 52.4. The second-order valence-electron chi connectivity index (χ2n) is 36.2. The number of ether oxygens (including phenoxy) is 6. The van der Waals surface area contributed by atoms with Crippen LogP contribution in [0.15, 0.2) is 0 Å². The summed E-state index contributed by atoms with van der Waals surface area (Å²) in [5.41, 5.74) is 0. The summed E-state index contributed by atoms with van der Waals surface area (Å²) in [6, 6.07) is -3.19. The van der Waals surface area contributed by atoms with Gasteiger partial charge in [-0.05, 0) is 38.5 Å². The van der Waals surface area contributed by atoms with E-state index in [2.05, 4.69) is 45.3 Å². The number of hydrogen-bond acceptors (Lipinski definition) is 17. The molecule has 8 N–H and O–H groups in total.